The van der Waals surface area contributed by atoms with Crippen LogP contribution in [0.15, 0.2) is 16.9 Å². The lowest BCUT2D eigenvalue weighted by molar-refractivity contribution is 0.0189. The standard InChI is InChI=1S/C21H31N3O4/c1-13(2)27-18-12-16-17(11-14(18)3)24(19(25)22-16)15-7-9-23(10-8-15)20(26)28-21(4,5)6/h11-13,15H,7-10H2,1-6H3,(H,22,25). The van der Waals surface area contributed by atoms with Crippen molar-refractivity contribution in [1.29, 1.82) is 0 Å². The molecule has 28 heavy (non-hydrogen) atoms. The fraction of sp³-hybridized carbons (Fsp3) is 0.619. The first-order chi connectivity index (χ1) is 13.0. The van der Waals surface area contributed by atoms with Gasteiger partial charge in [0.15, 0.2) is 0 Å². The highest BCUT2D eigenvalue weighted by molar-refractivity contribution is 5.78. The first kappa shape index (κ1) is 20.3. The van der Waals surface area contributed by atoms with Gasteiger partial charge in [-0.3, -0.25) is 4.57 Å². The molecular weight excluding hydrogens is 358 g/mol. The second-order valence-electron chi connectivity index (χ2n) is 8.80. The fourth-order valence-corrected chi connectivity index (χ4v) is 3.63. The first-order valence-electron chi connectivity index (χ1n) is 9.94. The van der Waals surface area contributed by atoms with Gasteiger partial charge in [-0.25, -0.2) is 9.59 Å². The predicted octanol–water partition coefficient (Wildman–Crippen LogP) is 4.00. The van der Waals surface area contributed by atoms with Crippen LogP contribution in [0, 0.1) is 6.92 Å². The highest BCUT2D eigenvalue weighted by Crippen LogP contribution is 2.29. The van der Waals surface area contributed by atoms with Crippen molar-refractivity contribution in [2.45, 2.75) is 72.1 Å². The molecule has 0 spiro atoms. The van der Waals surface area contributed by atoms with Crippen LogP contribution in [0.4, 0.5) is 4.79 Å². The molecule has 1 aromatic heterocycles. The summed E-state index contributed by atoms with van der Waals surface area (Å²) < 4.78 is 13.1. The van der Waals surface area contributed by atoms with Gasteiger partial charge < -0.3 is 19.4 Å². The predicted molar refractivity (Wildman–Crippen MR) is 109 cm³/mol. The molecule has 1 fully saturated rings. The van der Waals surface area contributed by atoms with Crippen LogP contribution in [0.1, 0.15) is 59.1 Å². The Balaban J connectivity index is 1.80. The summed E-state index contributed by atoms with van der Waals surface area (Å²) in [6.07, 6.45) is 1.22. The summed E-state index contributed by atoms with van der Waals surface area (Å²) in [5.41, 5.74) is 2.04. The average molecular weight is 389 g/mol. The molecule has 0 atom stereocenters. The van der Waals surface area contributed by atoms with Gasteiger partial charge in [-0.1, -0.05) is 0 Å². The van der Waals surface area contributed by atoms with E-state index in [1.54, 1.807) is 4.90 Å². The Kier molecular flexibility index (Phi) is 5.46. The Bertz CT molecular complexity index is 912. The van der Waals surface area contributed by atoms with Crippen molar-refractivity contribution in [3.05, 3.63) is 28.2 Å². The van der Waals surface area contributed by atoms with E-state index in [0.29, 0.717) is 13.1 Å². The van der Waals surface area contributed by atoms with E-state index in [-0.39, 0.29) is 23.9 Å². The topological polar surface area (TPSA) is 76.6 Å². The van der Waals surface area contributed by atoms with E-state index < -0.39 is 5.60 Å². The Morgan fingerprint density at radius 2 is 1.86 bits per heavy atom. The lowest BCUT2D eigenvalue weighted by Gasteiger charge is -2.33. The largest absolute Gasteiger partial charge is 0.491 e. The molecule has 2 heterocycles. The maximum Gasteiger partial charge on any atom is 0.410 e. The van der Waals surface area contributed by atoms with Crippen molar-refractivity contribution in [3.8, 4) is 5.75 Å². The maximum atomic E-state index is 12.6. The van der Waals surface area contributed by atoms with Crippen LogP contribution in [0.25, 0.3) is 11.0 Å². The number of aromatic amines is 1. The molecule has 1 N–H and O–H groups in total. The van der Waals surface area contributed by atoms with Gasteiger partial charge in [0.05, 0.1) is 17.1 Å². The number of hydrogen-bond acceptors (Lipinski definition) is 4. The van der Waals surface area contributed by atoms with Gasteiger partial charge in [-0.05, 0) is 66.0 Å². The second kappa shape index (κ2) is 7.53. The minimum atomic E-state index is -0.505. The van der Waals surface area contributed by atoms with Gasteiger partial charge >= 0.3 is 11.8 Å². The number of nitrogens with zero attached hydrogens (tertiary/aromatic N) is 2. The molecule has 0 unspecified atom stereocenters. The number of nitrogens with one attached hydrogen (secondary N) is 1. The molecule has 1 aliphatic rings. The van der Waals surface area contributed by atoms with Crippen LogP contribution >= 0.6 is 0 Å². The summed E-state index contributed by atoms with van der Waals surface area (Å²) in [5, 5.41) is 0. The van der Waals surface area contributed by atoms with Gasteiger partial charge in [-0.2, -0.15) is 0 Å². The van der Waals surface area contributed by atoms with Crippen LogP contribution in [-0.4, -0.2) is 45.3 Å². The molecule has 154 valence electrons. The Hall–Kier alpha value is -2.44. The van der Waals surface area contributed by atoms with E-state index in [9.17, 15) is 9.59 Å². The number of hydrogen-bond donors (Lipinski definition) is 1. The number of likely N-dealkylation sites (tertiary alicyclic amines) is 1. The van der Waals surface area contributed by atoms with Gasteiger partial charge in [0, 0.05) is 25.2 Å². The van der Waals surface area contributed by atoms with Crippen molar-refractivity contribution < 1.29 is 14.3 Å². The molecule has 0 radical (unpaired) electrons. The number of fused-ring (bicyclic) bond motifs is 1. The van der Waals surface area contributed by atoms with Gasteiger partial charge in [0.25, 0.3) is 0 Å². The number of rotatable bonds is 3. The van der Waals surface area contributed by atoms with Crippen molar-refractivity contribution in [2.24, 2.45) is 0 Å². The number of aryl methyl sites for hydroxylation is 1. The third-order valence-corrected chi connectivity index (χ3v) is 4.86. The number of benzene rings is 1. The van der Waals surface area contributed by atoms with Crippen LogP contribution < -0.4 is 10.4 Å². The molecular formula is C21H31N3O4. The first-order valence-corrected chi connectivity index (χ1v) is 9.94. The molecule has 7 heteroatoms. The fourth-order valence-electron chi connectivity index (χ4n) is 3.63. The number of ether oxygens (including phenoxy) is 2. The van der Waals surface area contributed by atoms with Gasteiger partial charge in [-0.15, -0.1) is 0 Å². The Morgan fingerprint density at radius 3 is 2.43 bits per heavy atom. The number of imidazole rings is 1. The SMILES string of the molecule is Cc1cc2c(cc1OC(C)C)[nH]c(=O)n2C1CCN(C(=O)OC(C)(C)C)CC1. The minimum absolute atomic E-state index is 0.0520. The number of carbonyl (C=O) groups is 1. The summed E-state index contributed by atoms with van der Waals surface area (Å²) in [4.78, 5) is 29.6. The number of piperidine rings is 1. The summed E-state index contributed by atoms with van der Waals surface area (Å²) in [6, 6.07) is 3.96. The van der Waals surface area contributed by atoms with Crippen LogP contribution in [0.2, 0.25) is 0 Å². The summed E-state index contributed by atoms with van der Waals surface area (Å²) in [6.45, 7) is 12.7. The zero-order chi connectivity index (χ0) is 20.6. The average Bonchev–Trinajstić information content (AvgIpc) is 2.88. The molecule has 1 aromatic carbocycles. The van der Waals surface area contributed by atoms with E-state index in [0.717, 1.165) is 35.2 Å². The molecule has 1 saturated heterocycles. The summed E-state index contributed by atoms with van der Waals surface area (Å²) in [7, 11) is 0. The molecule has 3 rings (SSSR count). The molecule has 0 aliphatic carbocycles. The van der Waals surface area contributed by atoms with E-state index in [1.807, 2.05) is 58.2 Å². The molecule has 7 nitrogen and oxygen atoms in total. The quantitative estimate of drug-likeness (QED) is 0.861. The minimum Gasteiger partial charge on any atom is -0.491 e. The number of carbonyl (C=O) groups excluding carboxylic acids is 1. The van der Waals surface area contributed by atoms with Crippen molar-refractivity contribution in [1.82, 2.24) is 14.5 Å². The zero-order valence-corrected chi connectivity index (χ0v) is 17.7. The van der Waals surface area contributed by atoms with Crippen LogP contribution in [0.5, 0.6) is 5.75 Å². The van der Waals surface area contributed by atoms with Crippen molar-refractivity contribution in [3.63, 3.8) is 0 Å². The molecule has 2 aromatic rings. The number of aromatic nitrogens is 2. The Morgan fingerprint density at radius 1 is 1.21 bits per heavy atom. The monoisotopic (exact) mass is 389 g/mol. The highest BCUT2D eigenvalue weighted by Gasteiger charge is 2.29. The van der Waals surface area contributed by atoms with E-state index in [1.165, 1.54) is 0 Å². The van der Waals surface area contributed by atoms with Gasteiger partial charge in [0.1, 0.15) is 11.4 Å². The summed E-state index contributed by atoms with van der Waals surface area (Å²) in [5.74, 6) is 0.788. The molecule has 1 amide bonds. The molecule has 0 bridgehead atoms. The van der Waals surface area contributed by atoms with Crippen molar-refractivity contribution in [2.75, 3.05) is 13.1 Å². The third-order valence-electron chi connectivity index (χ3n) is 4.86. The normalized spacial score (nSPS) is 16.0. The smallest absolute Gasteiger partial charge is 0.410 e. The molecule has 0 saturated carbocycles. The van der Waals surface area contributed by atoms with E-state index in [2.05, 4.69) is 4.98 Å². The van der Waals surface area contributed by atoms with E-state index in [4.69, 9.17) is 9.47 Å². The lowest BCUT2D eigenvalue weighted by atomic mass is 10.0. The lowest BCUT2D eigenvalue weighted by Crippen LogP contribution is -2.43. The highest BCUT2D eigenvalue weighted by atomic mass is 16.6. The van der Waals surface area contributed by atoms with Gasteiger partial charge in [0.2, 0.25) is 0 Å². The Labute approximate surface area is 165 Å². The molecule has 1 aliphatic heterocycles. The number of H-pyrrole nitrogens is 1. The number of amides is 1. The maximum absolute atomic E-state index is 12.6. The second-order valence-corrected chi connectivity index (χ2v) is 8.80. The summed E-state index contributed by atoms with van der Waals surface area (Å²) >= 11 is 0. The third kappa shape index (κ3) is 4.34. The van der Waals surface area contributed by atoms with Crippen LogP contribution in [0.3, 0.4) is 0 Å². The van der Waals surface area contributed by atoms with Crippen molar-refractivity contribution >= 4 is 17.1 Å². The zero-order valence-electron chi connectivity index (χ0n) is 17.7. The van der Waals surface area contributed by atoms with Crippen LogP contribution in [-0.2, 0) is 4.74 Å². The van der Waals surface area contributed by atoms with E-state index >= 15 is 0 Å².